The maximum atomic E-state index is 12.6. The molecular formula is C14H21ClF2N2O2S. The zero-order valence-electron chi connectivity index (χ0n) is 12.6. The van der Waals surface area contributed by atoms with Crippen molar-refractivity contribution in [2.24, 2.45) is 11.7 Å². The number of aryl methyl sites for hydroxylation is 1. The predicted molar refractivity (Wildman–Crippen MR) is 85.2 cm³/mol. The summed E-state index contributed by atoms with van der Waals surface area (Å²) in [5, 5.41) is 0. The minimum atomic E-state index is -2.93. The van der Waals surface area contributed by atoms with Crippen LogP contribution in [-0.2, 0) is 0 Å². The standard InChI is InChI=1S/C14H20F2N2O2S.ClH/c1-8-6-11(20-14(15)16)12(21-8)13(19)18-5-3-4-10(7-18)9(2)17;/h6,9-10,14H,3-5,7,17H2,1-2H3;1H. The summed E-state index contributed by atoms with van der Waals surface area (Å²) in [6.07, 6.45) is 1.87. The highest BCUT2D eigenvalue weighted by atomic mass is 35.5. The molecule has 22 heavy (non-hydrogen) atoms. The number of alkyl halides is 2. The number of piperidine rings is 1. The summed E-state index contributed by atoms with van der Waals surface area (Å²) in [5.74, 6) is -0.0160. The van der Waals surface area contributed by atoms with E-state index in [9.17, 15) is 13.6 Å². The van der Waals surface area contributed by atoms with Gasteiger partial charge in [0.25, 0.3) is 5.91 Å². The topological polar surface area (TPSA) is 55.6 Å². The summed E-state index contributed by atoms with van der Waals surface area (Å²) in [4.78, 5) is 15.3. The average molecular weight is 355 g/mol. The molecule has 2 heterocycles. The Labute approximate surface area is 139 Å². The number of carbonyl (C=O) groups excluding carboxylic acids is 1. The van der Waals surface area contributed by atoms with Gasteiger partial charge in [-0.15, -0.1) is 23.7 Å². The first-order chi connectivity index (χ1) is 9.88. The SMILES string of the molecule is Cc1cc(OC(F)F)c(C(=O)N2CCCC(C(C)N)C2)s1.Cl. The molecule has 0 aromatic carbocycles. The summed E-state index contributed by atoms with van der Waals surface area (Å²) < 4.78 is 29.3. The van der Waals surface area contributed by atoms with E-state index in [-0.39, 0.29) is 40.9 Å². The molecule has 1 aliphatic heterocycles. The number of thiophene rings is 1. The van der Waals surface area contributed by atoms with Crippen molar-refractivity contribution >= 4 is 29.7 Å². The fourth-order valence-corrected chi connectivity index (χ4v) is 3.50. The molecule has 0 radical (unpaired) electrons. The summed E-state index contributed by atoms with van der Waals surface area (Å²) in [7, 11) is 0. The highest BCUT2D eigenvalue weighted by Gasteiger charge is 2.29. The first-order valence-electron chi connectivity index (χ1n) is 6.98. The second kappa shape index (κ2) is 8.08. The van der Waals surface area contributed by atoms with Crippen LogP contribution >= 0.6 is 23.7 Å². The lowest BCUT2D eigenvalue weighted by molar-refractivity contribution is -0.0499. The molecule has 0 spiro atoms. The molecule has 1 aliphatic rings. The lowest BCUT2D eigenvalue weighted by Crippen LogP contribution is -2.44. The number of halogens is 3. The largest absolute Gasteiger partial charge is 0.433 e. The molecule has 1 aromatic rings. The van der Waals surface area contributed by atoms with E-state index >= 15 is 0 Å². The van der Waals surface area contributed by atoms with Gasteiger partial charge in [-0.3, -0.25) is 4.79 Å². The van der Waals surface area contributed by atoms with Crippen molar-refractivity contribution in [1.29, 1.82) is 0 Å². The maximum Gasteiger partial charge on any atom is 0.387 e. The Bertz CT molecular complexity index is 511. The maximum absolute atomic E-state index is 12.6. The quantitative estimate of drug-likeness (QED) is 0.902. The first kappa shape index (κ1) is 19.1. The Hall–Kier alpha value is -0.920. The third kappa shape index (κ3) is 4.54. The van der Waals surface area contributed by atoms with E-state index in [0.29, 0.717) is 13.1 Å². The molecule has 4 nitrogen and oxygen atoms in total. The Morgan fingerprint density at radius 1 is 1.55 bits per heavy atom. The highest BCUT2D eigenvalue weighted by Crippen LogP contribution is 2.32. The fourth-order valence-electron chi connectivity index (χ4n) is 2.59. The molecule has 2 atom stereocenters. The molecule has 1 saturated heterocycles. The third-order valence-electron chi connectivity index (χ3n) is 3.72. The van der Waals surface area contributed by atoms with Crippen molar-refractivity contribution in [3.05, 3.63) is 15.8 Å². The Balaban J connectivity index is 0.00000242. The molecular weight excluding hydrogens is 334 g/mol. The van der Waals surface area contributed by atoms with Crippen molar-refractivity contribution in [3.8, 4) is 5.75 Å². The zero-order chi connectivity index (χ0) is 15.6. The van der Waals surface area contributed by atoms with E-state index in [2.05, 4.69) is 4.74 Å². The number of nitrogens with two attached hydrogens (primary N) is 1. The Morgan fingerprint density at radius 3 is 2.82 bits per heavy atom. The minimum Gasteiger partial charge on any atom is -0.433 e. The molecule has 2 unspecified atom stereocenters. The highest BCUT2D eigenvalue weighted by molar-refractivity contribution is 7.14. The van der Waals surface area contributed by atoms with Crippen LogP contribution < -0.4 is 10.5 Å². The number of hydrogen-bond acceptors (Lipinski definition) is 4. The second-order valence-electron chi connectivity index (χ2n) is 5.44. The number of hydrogen-bond donors (Lipinski definition) is 1. The van der Waals surface area contributed by atoms with E-state index in [1.165, 1.54) is 17.4 Å². The molecule has 1 fully saturated rings. The zero-order valence-corrected chi connectivity index (χ0v) is 14.2. The summed E-state index contributed by atoms with van der Waals surface area (Å²) in [6.45, 7) is 1.97. The van der Waals surface area contributed by atoms with Gasteiger partial charge in [0.2, 0.25) is 0 Å². The normalized spacial score (nSPS) is 19.7. The van der Waals surface area contributed by atoms with Gasteiger partial charge in [-0.1, -0.05) is 0 Å². The summed E-state index contributed by atoms with van der Waals surface area (Å²) in [5.41, 5.74) is 5.91. The van der Waals surface area contributed by atoms with Gasteiger partial charge in [0.1, 0.15) is 10.6 Å². The van der Waals surface area contributed by atoms with Crippen LogP contribution in [0.1, 0.15) is 34.3 Å². The molecule has 1 aromatic heterocycles. The average Bonchev–Trinajstić information content (AvgIpc) is 2.78. The monoisotopic (exact) mass is 354 g/mol. The molecule has 126 valence electrons. The predicted octanol–water partition coefficient (Wildman–Crippen LogP) is 3.28. The van der Waals surface area contributed by atoms with Crippen molar-refractivity contribution < 1.29 is 18.3 Å². The van der Waals surface area contributed by atoms with Gasteiger partial charge in [0, 0.05) is 24.0 Å². The van der Waals surface area contributed by atoms with E-state index < -0.39 is 6.61 Å². The van der Waals surface area contributed by atoms with Gasteiger partial charge in [0.15, 0.2) is 0 Å². The summed E-state index contributed by atoms with van der Waals surface area (Å²) >= 11 is 1.19. The van der Waals surface area contributed by atoms with E-state index in [1.807, 2.05) is 6.92 Å². The molecule has 2 rings (SSSR count). The number of nitrogens with zero attached hydrogens (tertiary/aromatic N) is 1. The van der Waals surface area contributed by atoms with Gasteiger partial charge < -0.3 is 15.4 Å². The lowest BCUT2D eigenvalue weighted by atomic mass is 9.92. The number of carbonyl (C=O) groups is 1. The third-order valence-corrected chi connectivity index (χ3v) is 4.74. The van der Waals surface area contributed by atoms with Crippen LogP contribution in [0.5, 0.6) is 5.75 Å². The first-order valence-corrected chi connectivity index (χ1v) is 7.80. The second-order valence-corrected chi connectivity index (χ2v) is 6.70. The number of ether oxygens (including phenoxy) is 1. The van der Waals surface area contributed by atoms with Crippen molar-refractivity contribution in [2.45, 2.75) is 39.3 Å². The van der Waals surface area contributed by atoms with Crippen molar-refractivity contribution in [3.63, 3.8) is 0 Å². The van der Waals surface area contributed by atoms with Crippen LogP contribution in [0.4, 0.5) is 8.78 Å². The number of rotatable bonds is 4. The lowest BCUT2D eigenvalue weighted by Gasteiger charge is -2.34. The van der Waals surface area contributed by atoms with E-state index in [1.54, 1.807) is 11.8 Å². The number of amides is 1. The van der Waals surface area contributed by atoms with Gasteiger partial charge in [-0.2, -0.15) is 8.78 Å². The minimum absolute atomic E-state index is 0. The fraction of sp³-hybridized carbons (Fsp3) is 0.643. The Kier molecular flexibility index (Phi) is 7.02. The van der Waals surface area contributed by atoms with Crippen molar-refractivity contribution in [2.75, 3.05) is 13.1 Å². The molecule has 2 N–H and O–H groups in total. The van der Waals surface area contributed by atoms with Crippen LogP contribution in [0, 0.1) is 12.8 Å². The van der Waals surface area contributed by atoms with Crippen LogP contribution in [0.3, 0.4) is 0 Å². The van der Waals surface area contributed by atoms with Gasteiger partial charge in [-0.05, 0) is 38.7 Å². The van der Waals surface area contributed by atoms with E-state index in [4.69, 9.17) is 5.73 Å². The molecule has 0 aliphatic carbocycles. The van der Waals surface area contributed by atoms with Crippen LogP contribution in [-0.4, -0.2) is 36.5 Å². The van der Waals surface area contributed by atoms with Crippen molar-refractivity contribution in [1.82, 2.24) is 4.90 Å². The molecule has 8 heteroatoms. The Morgan fingerprint density at radius 2 is 2.23 bits per heavy atom. The molecule has 0 saturated carbocycles. The van der Waals surface area contributed by atoms with Crippen LogP contribution in [0.25, 0.3) is 0 Å². The van der Waals surface area contributed by atoms with Gasteiger partial charge in [0.05, 0.1) is 0 Å². The molecule has 0 bridgehead atoms. The van der Waals surface area contributed by atoms with Crippen LogP contribution in [0.15, 0.2) is 6.07 Å². The summed E-state index contributed by atoms with van der Waals surface area (Å²) in [6, 6.07) is 1.50. The van der Waals surface area contributed by atoms with Gasteiger partial charge in [-0.25, -0.2) is 0 Å². The number of likely N-dealkylation sites (tertiary alicyclic amines) is 1. The molecule has 1 amide bonds. The van der Waals surface area contributed by atoms with E-state index in [0.717, 1.165) is 17.7 Å². The van der Waals surface area contributed by atoms with Gasteiger partial charge >= 0.3 is 6.61 Å². The van der Waals surface area contributed by atoms with Crippen LogP contribution in [0.2, 0.25) is 0 Å². The smallest absolute Gasteiger partial charge is 0.387 e.